The van der Waals surface area contributed by atoms with Gasteiger partial charge in [-0.15, -0.1) is 0 Å². The van der Waals surface area contributed by atoms with Crippen molar-refractivity contribution in [3.05, 3.63) is 0 Å². The third kappa shape index (κ3) is 6.36. The fourth-order valence-corrected chi connectivity index (χ4v) is 1.70. The fraction of sp³-hybridized carbons (Fsp3) is 1.00. The Kier molecular flexibility index (Phi) is 3.56. The number of rotatable bonds is 3. The first kappa shape index (κ1) is 11.0. The Labute approximate surface area is 71.6 Å². The summed E-state index contributed by atoms with van der Waals surface area (Å²) in [5.41, 5.74) is 0.520. The SMILES string of the molecule is CCCC(C)(C)NC(C)(C)C. The average molecular weight is 157 g/mol. The van der Waals surface area contributed by atoms with Crippen LogP contribution in [-0.4, -0.2) is 11.1 Å². The lowest BCUT2D eigenvalue weighted by Gasteiger charge is -2.34. The molecule has 0 rings (SSSR count). The van der Waals surface area contributed by atoms with Crippen molar-refractivity contribution in [2.24, 2.45) is 0 Å². The summed E-state index contributed by atoms with van der Waals surface area (Å²) in [5, 5.41) is 3.60. The van der Waals surface area contributed by atoms with E-state index in [2.05, 4.69) is 46.9 Å². The summed E-state index contributed by atoms with van der Waals surface area (Å²) in [6.07, 6.45) is 2.49. The molecule has 1 N–H and O–H groups in total. The van der Waals surface area contributed by atoms with Crippen LogP contribution in [0.25, 0.3) is 0 Å². The zero-order valence-electron chi connectivity index (χ0n) is 8.91. The Morgan fingerprint density at radius 1 is 1.00 bits per heavy atom. The Bertz CT molecular complexity index is 109. The van der Waals surface area contributed by atoms with Gasteiger partial charge in [0.2, 0.25) is 0 Å². The van der Waals surface area contributed by atoms with Gasteiger partial charge in [-0.2, -0.15) is 0 Å². The molecule has 0 aromatic heterocycles. The molecule has 0 saturated heterocycles. The summed E-state index contributed by atoms with van der Waals surface area (Å²) in [4.78, 5) is 0. The van der Waals surface area contributed by atoms with Crippen molar-refractivity contribution in [3.63, 3.8) is 0 Å². The molecule has 0 fully saturated rings. The van der Waals surface area contributed by atoms with Crippen LogP contribution in [0.15, 0.2) is 0 Å². The van der Waals surface area contributed by atoms with Gasteiger partial charge in [0.15, 0.2) is 0 Å². The first-order chi connectivity index (χ1) is 4.77. The van der Waals surface area contributed by atoms with Gasteiger partial charge in [0, 0.05) is 11.1 Å². The van der Waals surface area contributed by atoms with Gasteiger partial charge in [0.1, 0.15) is 0 Å². The highest BCUT2D eigenvalue weighted by Gasteiger charge is 2.22. The molecule has 0 heterocycles. The zero-order chi connectivity index (χ0) is 9.12. The van der Waals surface area contributed by atoms with E-state index in [9.17, 15) is 0 Å². The highest BCUT2D eigenvalue weighted by molar-refractivity contribution is 4.84. The summed E-state index contributed by atoms with van der Waals surface area (Å²) in [6, 6.07) is 0. The summed E-state index contributed by atoms with van der Waals surface area (Å²) in [6.45, 7) is 13.4. The van der Waals surface area contributed by atoms with Crippen molar-refractivity contribution in [3.8, 4) is 0 Å². The van der Waals surface area contributed by atoms with Gasteiger partial charge < -0.3 is 5.32 Å². The Hall–Kier alpha value is -0.0400. The second-order valence-corrected chi connectivity index (χ2v) is 5.01. The fourth-order valence-electron chi connectivity index (χ4n) is 1.70. The molecule has 0 unspecified atom stereocenters. The monoisotopic (exact) mass is 157 g/mol. The maximum absolute atomic E-state index is 3.60. The van der Waals surface area contributed by atoms with Crippen LogP contribution in [0.2, 0.25) is 0 Å². The van der Waals surface area contributed by atoms with E-state index in [4.69, 9.17) is 0 Å². The minimum absolute atomic E-state index is 0.235. The van der Waals surface area contributed by atoms with Crippen molar-refractivity contribution < 1.29 is 0 Å². The van der Waals surface area contributed by atoms with Crippen LogP contribution < -0.4 is 5.32 Å². The molecule has 0 aromatic rings. The van der Waals surface area contributed by atoms with E-state index in [0.717, 1.165) is 0 Å². The molecule has 68 valence electrons. The third-order valence-corrected chi connectivity index (χ3v) is 1.59. The summed E-state index contributed by atoms with van der Waals surface area (Å²) in [7, 11) is 0. The van der Waals surface area contributed by atoms with Crippen molar-refractivity contribution in [2.45, 2.75) is 65.5 Å². The molecule has 0 aliphatic rings. The number of hydrogen-bond acceptors (Lipinski definition) is 1. The predicted octanol–water partition coefficient (Wildman–Crippen LogP) is 2.95. The van der Waals surface area contributed by atoms with E-state index in [0.29, 0.717) is 0 Å². The van der Waals surface area contributed by atoms with Crippen LogP contribution in [0.1, 0.15) is 54.4 Å². The van der Waals surface area contributed by atoms with E-state index in [-0.39, 0.29) is 11.1 Å². The number of hydrogen-bond donors (Lipinski definition) is 1. The molecule has 0 saturated carbocycles. The summed E-state index contributed by atoms with van der Waals surface area (Å²) in [5.74, 6) is 0. The van der Waals surface area contributed by atoms with Crippen LogP contribution >= 0.6 is 0 Å². The van der Waals surface area contributed by atoms with Crippen molar-refractivity contribution in [1.82, 2.24) is 5.32 Å². The maximum atomic E-state index is 3.60. The molecule has 0 aliphatic heterocycles. The van der Waals surface area contributed by atoms with Gasteiger partial charge in [-0.3, -0.25) is 0 Å². The topological polar surface area (TPSA) is 12.0 Å². The molecule has 0 bridgehead atoms. The largest absolute Gasteiger partial charge is 0.307 e. The standard InChI is InChI=1S/C10H23N/c1-7-8-10(5,6)11-9(2,3)4/h11H,7-8H2,1-6H3. The molecule has 0 spiro atoms. The Morgan fingerprint density at radius 3 is 1.73 bits per heavy atom. The van der Waals surface area contributed by atoms with Gasteiger partial charge in [-0.05, 0) is 41.0 Å². The maximum Gasteiger partial charge on any atom is 0.0129 e. The second kappa shape index (κ2) is 3.57. The zero-order valence-corrected chi connectivity index (χ0v) is 8.91. The highest BCUT2D eigenvalue weighted by atomic mass is 15.0. The Balaban J connectivity index is 3.91. The van der Waals surface area contributed by atoms with Crippen LogP contribution in [-0.2, 0) is 0 Å². The smallest absolute Gasteiger partial charge is 0.0129 e. The predicted molar refractivity (Wildman–Crippen MR) is 51.9 cm³/mol. The van der Waals surface area contributed by atoms with E-state index in [1.165, 1.54) is 12.8 Å². The third-order valence-electron chi connectivity index (χ3n) is 1.59. The van der Waals surface area contributed by atoms with E-state index < -0.39 is 0 Å². The minimum Gasteiger partial charge on any atom is -0.307 e. The molecular formula is C10H23N. The van der Waals surface area contributed by atoms with Gasteiger partial charge in [0.05, 0.1) is 0 Å². The molecule has 11 heavy (non-hydrogen) atoms. The first-order valence-corrected chi connectivity index (χ1v) is 4.56. The second-order valence-electron chi connectivity index (χ2n) is 5.01. The summed E-state index contributed by atoms with van der Waals surface area (Å²) < 4.78 is 0. The normalized spacial score (nSPS) is 13.6. The highest BCUT2D eigenvalue weighted by Crippen LogP contribution is 2.15. The lowest BCUT2D eigenvalue weighted by atomic mass is 9.94. The number of nitrogens with one attached hydrogen (secondary N) is 1. The molecular weight excluding hydrogens is 134 g/mol. The van der Waals surface area contributed by atoms with Crippen LogP contribution in [0.3, 0.4) is 0 Å². The van der Waals surface area contributed by atoms with Gasteiger partial charge in [-0.25, -0.2) is 0 Å². The van der Waals surface area contributed by atoms with Crippen LogP contribution in [0.4, 0.5) is 0 Å². The molecule has 0 atom stereocenters. The molecule has 0 amide bonds. The van der Waals surface area contributed by atoms with Crippen molar-refractivity contribution in [1.29, 1.82) is 0 Å². The lowest BCUT2D eigenvalue weighted by molar-refractivity contribution is 0.266. The molecule has 1 nitrogen and oxygen atoms in total. The van der Waals surface area contributed by atoms with Crippen LogP contribution in [0, 0.1) is 0 Å². The molecule has 0 aromatic carbocycles. The lowest BCUT2D eigenvalue weighted by Crippen LogP contribution is -2.50. The van der Waals surface area contributed by atoms with E-state index in [1.807, 2.05) is 0 Å². The minimum atomic E-state index is 0.235. The average Bonchev–Trinajstić information content (AvgIpc) is 1.55. The summed E-state index contributed by atoms with van der Waals surface area (Å²) >= 11 is 0. The van der Waals surface area contributed by atoms with Crippen molar-refractivity contribution >= 4 is 0 Å². The molecule has 0 radical (unpaired) electrons. The van der Waals surface area contributed by atoms with Gasteiger partial charge in [-0.1, -0.05) is 13.3 Å². The Morgan fingerprint density at radius 2 is 1.45 bits per heavy atom. The van der Waals surface area contributed by atoms with Gasteiger partial charge >= 0.3 is 0 Å². The van der Waals surface area contributed by atoms with Crippen LogP contribution in [0.5, 0.6) is 0 Å². The molecule has 0 aliphatic carbocycles. The van der Waals surface area contributed by atoms with E-state index in [1.54, 1.807) is 0 Å². The van der Waals surface area contributed by atoms with Crippen molar-refractivity contribution in [2.75, 3.05) is 0 Å². The molecule has 1 heteroatoms. The van der Waals surface area contributed by atoms with E-state index >= 15 is 0 Å². The van der Waals surface area contributed by atoms with Gasteiger partial charge in [0.25, 0.3) is 0 Å². The first-order valence-electron chi connectivity index (χ1n) is 4.56. The quantitative estimate of drug-likeness (QED) is 0.664.